The predicted molar refractivity (Wildman–Crippen MR) is 78.3 cm³/mol. The van der Waals surface area contributed by atoms with E-state index in [0.717, 1.165) is 25.2 Å². The third kappa shape index (κ3) is 2.49. The first-order valence-electron chi connectivity index (χ1n) is 6.86. The zero-order valence-electron chi connectivity index (χ0n) is 11.2. The number of rotatable bonds is 2. The molecule has 0 fully saturated rings. The van der Waals surface area contributed by atoms with E-state index in [2.05, 4.69) is 42.5 Å². The van der Waals surface area contributed by atoms with Gasteiger partial charge in [0, 0.05) is 6.04 Å². The Morgan fingerprint density at radius 3 is 2.79 bits per heavy atom. The zero-order chi connectivity index (χ0) is 13.2. The lowest BCUT2D eigenvalue weighted by atomic mass is 9.97. The number of benzene rings is 2. The molecule has 0 spiro atoms. The third-order valence-electron chi connectivity index (χ3n) is 3.65. The second-order valence-corrected chi connectivity index (χ2v) is 5.19. The summed E-state index contributed by atoms with van der Waals surface area (Å²) in [7, 11) is 0. The lowest BCUT2D eigenvalue weighted by Crippen LogP contribution is -2.08. The van der Waals surface area contributed by atoms with Crippen molar-refractivity contribution in [3.8, 4) is 16.9 Å². The summed E-state index contributed by atoms with van der Waals surface area (Å²) in [5.41, 5.74) is 10.9. The summed E-state index contributed by atoms with van der Waals surface area (Å²) < 4.78 is 5.66. The van der Waals surface area contributed by atoms with Crippen molar-refractivity contribution in [2.75, 3.05) is 6.61 Å². The second-order valence-electron chi connectivity index (χ2n) is 5.19. The van der Waals surface area contributed by atoms with Crippen LogP contribution in [0.1, 0.15) is 30.5 Å². The summed E-state index contributed by atoms with van der Waals surface area (Å²) in [6.07, 6.45) is 2.21. The highest BCUT2D eigenvalue weighted by Gasteiger charge is 2.11. The molecule has 0 aliphatic carbocycles. The van der Waals surface area contributed by atoms with Crippen LogP contribution in [0.2, 0.25) is 0 Å². The Labute approximate surface area is 114 Å². The Morgan fingerprint density at radius 2 is 1.95 bits per heavy atom. The molecule has 0 radical (unpaired) electrons. The highest BCUT2D eigenvalue weighted by molar-refractivity contribution is 5.66. The van der Waals surface area contributed by atoms with Crippen molar-refractivity contribution in [3.63, 3.8) is 0 Å². The second kappa shape index (κ2) is 5.06. The van der Waals surface area contributed by atoms with E-state index < -0.39 is 0 Å². The first kappa shape index (κ1) is 12.2. The van der Waals surface area contributed by atoms with Gasteiger partial charge in [-0.15, -0.1) is 0 Å². The van der Waals surface area contributed by atoms with Gasteiger partial charge in [-0.3, -0.25) is 0 Å². The van der Waals surface area contributed by atoms with Gasteiger partial charge in [0.2, 0.25) is 0 Å². The van der Waals surface area contributed by atoms with Crippen molar-refractivity contribution < 1.29 is 4.74 Å². The normalized spacial score (nSPS) is 15.5. The first-order valence-corrected chi connectivity index (χ1v) is 6.86. The van der Waals surface area contributed by atoms with Gasteiger partial charge in [-0.2, -0.15) is 0 Å². The van der Waals surface area contributed by atoms with Gasteiger partial charge < -0.3 is 10.5 Å². The van der Waals surface area contributed by atoms with E-state index in [0.29, 0.717) is 0 Å². The van der Waals surface area contributed by atoms with E-state index >= 15 is 0 Å². The van der Waals surface area contributed by atoms with Gasteiger partial charge >= 0.3 is 0 Å². The summed E-state index contributed by atoms with van der Waals surface area (Å²) in [6.45, 7) is 2.85. The van der Waals surface area contributed by atoms with Crippen LogP contribution in [0.15, 0.2) is 42.5 Å². The lowest BCUT2D eigenvalue weighted by molar-refractivity contribution is 0.288. The molecular weight excluding hydrogens is 234 g/mol. The van der Waals surface area contributed by atoms with Gasteiger partial charge in [-0.1, -0.05) is 24.3 Å². The van der Waals surface area contributed by atoms with E-state index in [9.17, 15) is 0 Å². The van der Waals surface area contributed by atoms with Crippen LogP contribution < -0.4 is 10.5 Å². The summed E-state index contributed by atoms with van der Waals surface area (Å²) in [4.78, 5) is 0. The minimum atomic E-state index is 0.0703. The van der Waals surface area contributed by atoms with Crippen molar-refractivity contribution in [2.24, 2.45) is 5.73 Å². The SMILES string of the molecule is CC(N)c1cccc(-c2ccc3c(c2)CCCO3)c1. The van der Waals surface area contributed by atoms with Crippen molar-refractivity contribution in [1.82, 2.24) is 0 Å². The highest BCUT2D eigenvalue weighted by atomic mass is 16.5. The number of nitrogens with two attached hydrogens (primary N) is 1. The number of hydrogen-bond acceptors (Lipinski definition) is 2. The quantitative estimate of drug-likeness (QED) is 0.885. The van der Waals surface area contributed by atoms with Crippen LogP contribution in [-0.4, -0.2) is 6.61 Å². The predicted octanol–water partition coefficient (Wildman–Crippen LogP) is 3.70. The molecule has 1 aliphatic heterocycles. The molecule has 1 unspecified atom stereocenters. The van der Waals surface area contributed by atoms with Crippen molar-refractivity contribution >= 4 is 0 Å². The van der Waals surface area contributed by atoms with Crippen LogP contribution in [0.4, 0.5) is 0 Å². The number of aryl methyl sites for hydroxylation is 1. The fourth-order valence-corrected chi connectivity index (χ4v) is 2.54. The molecule has 0 amide bonds. The van der Waals surface area contributed by atoms with Crippen molar-refractivity contribution in [2.45, 2.75) is 25.8 Å². The smallest absolute Gasteiger partial charge is 0.122 e. The van der Waals surface area contributed by atoms with Crippen LogP contribution in [0, 0.1) is 0 Å². The van der Waals surface area contributed by atoms with Gasteiger partial charge in [0.25, 0.3) is 0 Å². The van der Waals surface area contributed by atoms with Crippen LogP contribution >= 0.6 is 0 Å². The van der Waals surface area contributed by atoms with E-state index in [-0.39, 0.29) is 6.04 Å². The molecule has 0 aromatic heterocycles. The van der Waals surface area contributed by atoms with Crippen LogP contribution in [0.25, 0.3) is 11.1 Å². The molecule has 0 saturated heterocycles. The highest BCUT2D eigenvalue weighted by Crippen LogP contribution is 2.30. The van der Waals surface area contributed by atoms with Crippen LogP contribution in [0.3, 0.4) is 0 Å². The summed E-state index contributed by atoms with van der Waals surface area (Å²) >= 11 is 0. The molecule has 2 aromatic carbocycles. The van der Waals surface area contributed by atoms with Crippen LogP contribution in [0.5, 0.6) is 5.75 Å². The minimum absolute atomic E-state index is 0.0703. The maximum atomic E-state index is 5.95. The van der Waals surface area contributed by atoms with Gasteiger partial charge in [0.05, 0.1) is 6.61 Å². The summed E-state index contributed by atoms with van der Waals surface area (Å²) in [6, 6.07) is 15.0. The molecule has 2 aromatic rings. The fourth-order valence-electron chi connectivity index (χ4n) is 2.54. The topological polar surface area (TPSA) is 35.2 Å². The van der Waals surface area contributed by atoms with Crippen molar-refractivity contribution in [3.05, 3.63) is 53.6 Å². The molecule has 2 heteroatoms. The number of ether oxygens (including phenoxy) is 1. The fraction of sp³-hybridized carbons (Fsp3) is 0.294. The van der Waals surface area contributed by atoms with Crippen LogP contribution in [-0.2, 0) is 6.42 Å². The first-order chi connectivity index (χ1) is 9.24. The van der Waals surface area contributed by atoms with Gasteiger partial charge in [-0.05, 0) is 60.2 Å². The Hall–Kier alpha value is -1.80. The minimum Gasteiger partial charge on any atom is -0.493 e. The molecular formula is C17H19NO. The van der Waals surface area contributed by atoms with E-state index in [1.807, 2.05) is 6.92 Å². The Bertz CT molecular complexity index is 590. The average molecular weight is 253 g/mol. The maximum absolute atomic E-state index is 5.95. The summed E-state index contributed by atoms with van der Waals surface area (Å²) in [5.74, 6) is 1.04. The molecule has 98 valence electrons. The Kier molecular flexibility index (Phi) is 3.26. The average Bonchev–Trinajstić information content (AvgIpc) is 2.47. The third-order valence-corrected chi connectivity index (χ3v) is 3.65. The van der Waals surface area contributed by atoms with Gasteiger partial charge in [-0.25, -0.2) is 0 Å². The molecule has 2 nitrogen and oxygen atoms in total. The summed E-state index contributed by atoms with van der Waals surface area (Å²) in [5, 5.41) is 0. The largest absolute Gasteiger partial charge is 0.493 e. The van der Waals surface area contributed by atoms with E-state index in [4.69, 9.17) is 10.5 Å². The molecule has 0 bridgehead atoms. The van der Waals surface area contributed by atoms with Gasteiger partial charge in [0.1, 0.15) is 5.75 Å². The molecule has 1 aliphatic rings. The molecule has 1 atom stereocenters. The molecule has 19 heavy (non-hydrogen) atoms. The van der Waals surface area contributed by atoms with Gasteiger partial charge in [0.15, 0.2) is 0 Å². The van der Waals surface area contributed by atoms with Crippen molar-refractivity contribution in [1.29, 1.82) is 0 Å². The zero-order valence-corrected chi connectivity index (χ0v) is 11.2. The molecule has 1 heterocycles. The lowest BCUT2D eigenvalue weighted by Gasteiger charge is -2.18. The number of fused-ring (bicyclic) bond motifs is 1. The standard InChI is InChI=1S/C17H19NO/c1-12(18)13-4-2-5-14(10-13)15-7-8-17-16(11-15)6-3-9-19-17/h2,4-5,7-8,10-12H,3,6,9,18H2,1H3. The molecule has 2 N–H and O–H groups in total. The molecule has 0 saturated carbocycles. The maximum Gasteiger partial charge on any atom is 0.122 e. The Morgan fingerprint density at radius 1 is 1.11 bits per heavy atom. The monoisotopic (exact) mass is 253 g/mol. The Balaban J connectivity index is 2.00. The number of hydrogen-bond donors (Lipinski definition) is 1. The van der Waals surface area contributed by atoms with E-state index in [1.54, 1.807) is 0 Å². The van der Waals surface area contributed by atoms with E-state index in [1.165, 1.54) is 22.3 Å². The molecule has 3 rings (SSSR count).